The Bertz CT molecular complexity index is 702. The lowest BCUT2D eigenvalue weighted by Crippen LogP contribution is -1.99. The van der Waals surface area contributed by atoms with E-state index in [2.05, 4.69) is 59.9 Å². The number of hydrogen-bond donors (Lipinski definition) is 0. The summed E-state index contributed by atoms with van der Waals surface area (Å²) in [7, 11) is 0. The van der Waals surface area contributed by atoms with Gasteiger partial charge in [0.25, 0.3) is 0 Å². The van der Waals surface area contributed by atoms with Crippen molar-refractivity contribution in [3.8, 4) is 0 Å². The third kappa shape index (κ3) is 5.83. The zero-order chi connectivity index (χ0) is 19.0. The highest BCUT2D eigenvalue weighted by Gasteiger charge is 2.10. The Balaban J connectivity index is 1.59. The van der Waals surface area contributed by atoms with Crippen molar-refractivity contribution >= 4 is 23.5 Å². The molecule has 2 aliphatic rings. The Kier molecular flexibility index (Phi) is 7.86. The van der Waals surface area contributed by atoms with Crippen LogP contribution in [0.5, 0.6) is 0 Å². The molecule has 2 aliphatic heterocycles. The second-order valence-corrected chi connectivity index (χ2v) is 10.5. The van der Waals surface area contributed by atoms with E-state index in [1.165, 1.54) is 75.3 Å². The molecule has 0 aliphatic carbocycles. The van der Waals surface area contributed by atoms with E-state index in [0.29, 0.717) is 0 Å². The average Bonchev–Trinajstić information content (AvgIpc) is 2.71. The van der Waals surface area contributed by atoms with E-state index in [1.54, 1.807) is 22.3 Å². The summed E-state index contributed by atoms with van der Waals surface area (Å²) in [5.41, 5.74) is 9.44. The zero-order valence-corrected chi connectivity index (χ0v) is 18.8. The molecule has 0 amide bonds. The van der Waals surface area contributed by atoms with Crippen LogP contribution in [0.15, 0.2) is 36.4 Å². The summed E-state index contributed by atoms with van der Waals surface area (Å²) in [6.07, 6.45) is 13.8. The highest BCUT2D eigenvalue weighted by atomic mass is 32.2. The third-order valence-electron chi connectivity index (χ3n) is 6.24. The molecular formula is C26H34S2. The molecule has 0 fully saturated rings. The molecular weight excluding hydrogens is 376 g/mol. The normalized spacial score (nSPS) is 19.3. The summed E-state index contributed by atoms with van der Waals surface area (Å²) in [6.45, 7) is 0. The van der Waals surface area contributed by atoms with E-state index in [4.69, 9.17) is 0 Å². The minimum Gasteiger partial charge on any atom is -0.152 e. The zero-order valence-electron chi connectivity index (χ0n) is 17.2. The van der Waals surface area contributed by atoms with Crippen LogP contribution in [0.1, 0.15) is 84.7 Å². The van der Waals surface area contributed by atoms with Gasteiger partial charge in [0.1, 0.15) is 0 Å². The van der Waals surface area contributed by atoms with Gasteiger partial charge in [0, 0.05) is 23.0 Å². The summed E-state index contributed by atoms with van der Waals surface area (Å²) in [6, 6.07) is 14.7. The number of thioether (sulfide) groups is 2. The molecule has 0 aromatic heterocycles. The number of hydrogen-bond acceptors (Lipinski definition) is 2. The van der Waals surface area contributed by atoms with Crippen LogP contribution in [0.3, 0.4) is 0 Å². The van der Waals surface area contributed by atoms with Crippen LogP contribution in [0, 0.1) is 0 Å². The largest absolute Gasteiger partial charge is 0.152 e. The van der Waals surface area contributed by atoms with E-state index in [9.17, 15) is 0 Å². The van der Waals surface area contributed by atoms with Gasteiger partial charge in [-0.25, -0.2) is 0 Å². The molecule has 0 N–H and O–H groups in total. The molecule has 2 heterocycles. The van der Waals surface area contributed by atoms with E-state index < -0.39 is 0 Å². The molecule has 28 heavy (non-hydrogen) atoms. The van der Waals surface area contributed by atoms with Gasteiger partial charge in [0.2, 0.25) is 0 Å². The lowest BCUT2D eigenvalue weighted by molar-refractivity contribution is 0.567. The molecule has 0 saturated heterocycles. The minimum absolute atomic E-state index is 1.13. The summed E-state index contributed by atoms with van der Waals surface area (Å²) in [5, 5.41) is 0. The highest BCUT2D eigenvalue weighted by Crippen LogP contribution is 2.30. The first kappa shape index (κ1) is 20.4. The lowest BCUT2D eigenvalue weighted by atomic mass is 9.98. The van der Waals surface area contributed by atoms with Crippen molar-refractivity contribution in [1.29, 1.82) is 0 Å². The van der Waals surface area contributed by atoms with E-state index >= 15 is 0 Å². The summed E-state index contributed by atoms with van der Waals surface area (Å²) < 4.78 is 0. The van der Waals surface area contributed by atoms with Gasteiger partial charge in [-0.2, -0.15) is 23.5 Å². The molecule has 2 aromatic rings. The summed E-state index contributed by atoms with van der Waals surface area (Å²) >= 11 is 4.19. The smallest absolute Gasteiger partial charge is 0.0190 e. The van der Waals surface area contributed by atoms with Gasteiger partial charge >= 0.3 is 0 Å². The molecule has 0 atom stereocenters. The predicted octanol–water partition coefficient (Wildman–Crippen LogP) is 8.09. The lowest BCUT2D eigenvalue weighted by Gasteiger charge is -2.16. The van der Waals surface area contributed by atoms with Gasteiger partial charge in [0.15, 0.2) is 0 Å². The van der Waals surface area contributed by atoms with Crippen LogP contribution in [0.2, 0.25) is 0 Å². The van der Waals surface area contributed by atoms with Crippen molar-refractivity contribution in [2.45, 2.75) is 87.2 Å². The molecule has 0 spiro atoms. The number of benzene rings is 2. The Hall–Kier alpha value is -0.860. The minimum atomic E-state index is 1.13. The SMILES string of the molecule is c1cc2c3cc1CSCc1ccc(c(c1)CSC3)CCCCCCCCCC2. The second-order valence-electron chi connectivity index (χ2n) is 8.52. The van der Waals surface area contributed by atoms with Crippen LogP contribution in [-0.4, -0.2) is 0 Å². The number of rotatable bonds is 0. The van der Waals surface area contributed by atoms with Crippen molar-refractivity contribution in [1.82, 2.24) is 0 Å². The van der Waals surface area contributed by atoms with Crippen molar-refractivity contribution in [3.63, 3.8) is 0 Å². The maximum Gasteiger partial charge on any atom is 0.0190 e. The highest BCUT2D eigenvalue weighted by molar-refractivity contribution is 7.98. The quantitative estimate of drug-likeness (QED) is 0.430. The number of fused-ring (bicyclic) bond motifs is 4. The van der Waals surface area contributed by atoms with Crippen LogP contribution in [-0.2, 0) is 35.9 Å². The molecule has 0 unspecified atom stereocenters. The van der Waals surface area contributed by atoms with Crippen molar-refractivity contribution in [2.75, 3.05) is 0 Å². The Morgan fingerprint density at radius 1 is 0.429 bits per heavy atom. The van der Waals surface area contributed by atoms with Crippen LogP contribution in [0.25, 0.3) is 0 Å². The van der Waals surface area contributed by atoms with Gasteiger partial charge in [0.05, 0.1) is 0 Å². The van der Waals surface area contributed by atoms with Gasteiger partial charge < -0.3 is 0 Å². The maximum absolute atomic E-state index is 2.51. The fourth-order valence-electron chi connectivity index (χ4n) is 4.54. The molecule has 0 radical (unpaired) electrons. The first-order valence-electron chi connectivity index (χ1n) is 11.3. The van der Waals surface area contributed by atoms with Crippen molar-refractivity contribution in [3.05, 3.63) is 69.8 Å². The summed E-state index contributed by atoms with van der Waals surface area (Å²) in [5.74, 6) is 4.60. The van der Waals surface area contributed by atoms with E-state index in [0.717, 1.165) is 23.0 Å². The van der Waals surface area contributed by atoms with Gasteiger partial charge in [-0.15, -0.1) is 0 Å². The predicted molar refractivity (Wildman–Crippen MR) is 127 cm³/mol. The number of aryl methyl sites for hydroxylation is 2. The standard InChI is InChI=1S/C26H34S2/c1-2-4-6-8-10-24-14-12-22-16-26(24)20-28-19-25-15-21(17-27-18-22)11-13-23(25)9-7-5-3-1/h11-16H,1-10,17-20H2. The van der Waals surface area contributed by atoms with Crippen LogP contribution in [0.4, 0.5) is 0 Å². The fourth-order valence-corrected chi connectivity index (χ4v) is 6.56. The molecule has 4 bridgehead atoms. The summed E-state index contributed by atoms with van der Waals surface area (Å²) in [4.78, 5) is 0. The molecule has 2 aromatic carbocycles. The Morgan fingerprint density at radius 3 is 1.36 bits per heavy atom. The second kappa shape index (κ2) is 10.8. The maximum atomic E-state index is 2.51. The van der Waals surface area contributed by atoms with Gasteiger partial charge in [-0.05, 0) is 59.1 Å². The van der Waals surface area contributed by atoms with Gasteiger partial charge in [-0.3, -0.25) is 0 Å². The first-order chi connectivity index (χ1) is 13.9. The molecule has 2 heteroatoms. The topological polar surface area (TPSA) is 0 Å². The Labute approximate surface area is 180 Å². The molecule has 0 nitrogen and oxygen atoms in total. The van der Waals surface area contributed by atoms with Crippen LogP contribution >= 0.6 is 23.5 Å². The van der Waals surface area contributed by atoms with Crippen molar-refractivity contribution in [2.24, 2.45) is 0 Å². The van der Waals surface area contributed by atoms with E-state index in [1.807, 2.05) is 0 Å². The fraction of sp³-hybridized carbons (Fsp3) is 0.538. The third-order valence-corrected chi connectivity index (χ3v) is 8.34. The monoisotopic (exact) mass is 410 g/mol. The molecule has 4 rings (SSSR count). The first-order valence-corrected chi connectivity index (χ1v) is 13.6. The van der Waals surface area contributed by atoms with Crippen LogP contribution < -0.4 is 0 Å². The molecule has 150 valence electrons. The van der Waals surface area contributed by atoms with Crippen molar-refractivity contribution < 1.29 is 0 Å². The average molecular weight is 411 g/mol. The van der Waals surface area contributed by atoms with E-state index in [-0.39, 0.29) is 0 Å². The van der Waals surface area contributed by atoms with Gasteiger partial charge in [-0.1, -0.05) is 74.9 Å². The Morgan fingerprint density at radius 2 is 0.857 bits per heavy atom. The molecule has 0 saturated carbocycles.